The standard InChI is InChI=1S/C8H6F2N2O/c9-8(10)7-6(4-13)5(3-11)1-2-12-7/h1-2,8,13H,4H2. The number of rotatable bonds is 2. The van der Waals surface area contributed by atoms with Crippen LogP contribution in [0.4, 0.5) is 8.78 Å². The molecule has 1 N–H and O–H groups in total. The van der Waals surface area contributed by atoms with Crippen LogP contribution in [0, 0.1) is 11.3 Å². The average Bonchev–Trinajstić information content (AvgIpc) is 2.16. The topological polar surface area (TPSA) is 56.9 Å². The van der Waals surface area contributed by atoms with Gasteiger partial charge in [-0.3, -0.25) is 4.98 Å². The molecule has 1 aromatic heterocycles. The second kappa shape index (κ2) is 3.92. The van der Waals surface area contributed by atoms with Crippen LogP contribution in [0.25, 0.3) is 0 Å². The van der Waals surface area contributed by atoms with E-state index in [4.69, 9.17) is 10.4 Å². The number of nitrogens with zero attached hydrogens (tertiary/aromatic N) is 2. The van der Waals surface area contributed by atoms with Gasteiger partial charge < -0.3 is 5.11 Å². The number of aliphatic hydroxyl groups is 1. The Hall–Kier alpha value is -1.54. The summed E-state index contributed by atoms with van der Waals surface area (Å²) >= 11 is 0. The smallest absolute Gasteiger partial charge is 0.280 e. The first-order valence-corrected chi connectivity index (χ1v) is 3.47. The Morgan fingerprint density at radius 1 is 1.62 bits per heavy atom. The van der Waals surface area contributed by atoms with Crippen molar-refractivity contribution >= 4 is 0 Å². The third kappa shape index (κ3) is 1.79. The van der Waals surface area contributed by atoms with Crippen LogP contribution in [0.5, 0.6) is 0 Å². The van der Waals surface area contributed by atoms with Crippen molar-refractivity contribution < 1.29 is 13.9 Å². The van der Waals surface area contributed by atoms with Gasteiger partial charge in [-0.05, 0) is 6.07 Å². The number of hydrogen-bond acceptors (Lipinski definition) is 3. The molecule has 0 atom stereocenters. The van der Waals surface area contributed by atoms with Crippen LogP contribution < -0.4 is 0 Å². The van der Waals surface area contributed by atoms with Crippen molar-refractivity contribution in [2.45, 2.75) is 13.0 Å². The van der Waals surface area contributed by atoms with Gasteiger partial charge in [0.2, 0.25) is 0 Å². The molecular weight excluding hydrogens is 178 g/mol. The zero-order valence-electron chi connectivity index (χ0n) is 6.54. The quantitative estimate of drug-likeness (QED) is 0.755. The fourth-order valence-corrected chi connectivity index (χ4v) is 0.968. The number of alkyl halides is 2. The minimum absolute atomic E-state index is 0.0350. The van der Waals surface area contributed by atoms with Gasteiger partial charge in [0.15, 0.2) is 0 Å². The van der Waals surface area contributed by atoms with Crippen LogP contribution >= 0.6 is 0 Å². The normalized spacial score (nSPS) is 10.1. The Bertz CT molecular complexity index is 346. The largest absolute Gasteiger partial charge is 0.392 e. The number of halogens is 2. The van der Waals surface area contributed by atoms with E-state index < -0.39 is 18.7 Å². The molecule has 1 aromatic rings. The van der Waals surface area contributed by atoms with Crippen molar-refractivity contribution in [1.29, 1.82) is 5.26 Å². The maximum atomic E-state index is 12.2. The molecule has 3 nitrogen and oxygen atoms in total. The van der Waals surface area contributed by atoms with E-state index in [1.807, 2.05) is 0 Å². The van der Waals surface area contributed by atoms with Crippen molar-refractivity contribution in [2.75, 3.05) is 0 Å². The van der Waals surface area contributed by atoms with Crippen LogP contribution in [0.15, 0.2) is 12.3 Å². The SMILES string of the molecule is N#Cc1ccnc(C(F)F)c1CO. The summed E-state index contributed by atoms with van der Waals surface area (Å²) in [6, 6.07) is 3.00. The van der Waals surface area contributed by atoms with Crippen molar-refractivity contribution in [2.24, 2.45) is 0 Å². The molecule has 0 aliphatic heterocycles. The lowest BCUT2D eigenvalue weighted by atomic mass is 10.1. The highest BCUT2D eigenvalue weighted by atomic mass is 19.3. The maximum Gasteiger partial charge on any atom is 0.280 e. The molecule has 0 fully saturated rings. The highest BCUT2D eigenvalue weighted by Crippen LogP contribution is 2.22. The lowest BCUT2D eigenvalue weighted by molar-refractivity contribution is 0.141. The third-order valence-electron chi connectivity index (χ3n) is 1.57. The van der Waals surface area contributed by atoms with Crippen LogP contribution in [0.2, 0.25) is 0 Å². The number of aliphatic hydroxyl groups excluding tert-OH is 1. The van der Waals surface area contributed by atoms with Gasteiger partial charge in [-0.25, -0.2) is 8.78 Å². The summed E-state index contributed by atoms with van der Waals surface area (Å²) in [5.41, 5.74) is -0.589. The van der Waals surface area contributed by atoms with Gasteiger partial charge in [0.25, 0.3) is 6.43 Å². The molecule has 0 radical (unpaired) electrons. The predicted octanol–water partition coefficient (Wildman–Crippen LogP) is 1.38. The fraction of sp³-hybridized carbons (Fsp3) is 0.250. The predicted molar refractivity (Wildman–Crippen MR) is 39.8 cm³/mol. The maximum absolute atomic E-state index is 12.2. The molecule has 1 heterocycles. The Balaban J connectivity index is 3.29. The Labute approximate surface area is 73.3 Å². The second-order valence-corrected chi connectivity index (χ2v) is 2.29. The molecule has 0 bridgehead atoms. The number of aromatic nitrogens is 1. The first-order valence-electron chi connectivity index (χ1n) is 3.47. The van der Waals surface area contributed by atoms with Gasteiger partial charge in [-0.1, -0.05) is 0 Å². The van der Waals surface area contributed by atoms with Crippen molar-refractivity contribution in [3.63, 3.8) is 0 Å². The molecule has 0 aromatic carbocycles. The lowest BCUT2D eigenvalue weighted by Gasteiger charge is -2.05. The van der Waals surface area contributed by atoms with Crippen molar-refractivity contribution in [1.82, 2.24) is 4.98 Å². The lowest BCUT2D eigenvalue weighted by Crippen LogP contribution is -2.01. The van der Waals surface area contributed by atoms with E-state index in [2.05, 4.69) is 4.98 Å². The van der Waals surface area contributed by atoms with Gasteiger partial charge in [0.05, 0.1) is 18.2 Å². The fourth-order valence-electron chi connectivity index (χ4n) is 0.968. The van der Waals surface area contributed by atoms with Gasteiger partial charge in [-0.2, -0.15) is 5.26 Å². The van der Waals surface area contributed by atoms with Crippen LogP contribution in [0.3, 0.4) is 0 Å². The molecule has 0 unspecified atom stereocenters. The van der Waals surface area contributed by atoms with E-state index in [0.717, 1.165) is 6.20 Å². The number of hydrogen-bond donors (Lipinski definition) is 1. The Morgan fingerprint density at radius 2 is 2.31 bits per heavy atom. The number of nitriles is 1. The van der Waals surface area contributed by atoms with E-state index in [1.165, 1.54) is 6.07 Å². The van der Waals surface area contributed by atoms with E-state index in [1.54, 1.807) is 6.07 Å². The summed E-state index contributed by atoms with van der Waals surface area (Å²) in [5, 5.41) is 17.3. The molecule has 0 aliphatic rings. The highest BCUT2D eigenvalue weighted by molar-refractivity contribution is 5.39. The zero-order valence-corrected chi connectivity index (χ0v) is 6.54. The summed E-state index contributed by atoms with van der Waals surface area (Å²) < 4.78 is 24.5. The molecule has 13 heavy (non-hydrogen) atoms. The van der Waals surface area contributed by atoms with E-state index in [-0.39, 0.29) is 11.1 Å². The number of pyridine rings is 1. The molecule has 0 aliphatic carbocycles. The summed E-state index contributed by atoms with van der Waals surface area (Å²) in [5.74, 6) is 0. The van der Waals surface area contributed by atoms with Crippen molar-refractivity contribution in [3.05, 3.63) is 29.1 Å². The monoisotopic (exact) mass is 184 g/mol. The molecule has 0 saturated carbocycles. The molecule has 5 heteroatoms. The van der Waals surface area contributed by atoms with Gasteiger partial charge in [0.1, 0.15) is 5.69 Å². The van der Waals surface area contributed by atoms with Crippen LogP contribution in [-0.4, -0.2) is 10.1 Å². The van der Waals surface area contributed by atoms with Crippen molar-refractivity contribution in [3.8, 4) is 6.07 Å². The summed E-state index contributed by atoms with van der Waals surface area (Å²) in [6.45, 7) is -0.601. The summed E-state index contributed by atoms with van der Waals surface area (Å²) in [6.07, 6.45) is -1.64. The van der Waals surface area contributed by atoms with Gasteiger partial charge in [0, 0.05) is 11.8 Å². The van der Waals surface area contributed by atoms with E-state index >= 15 is 0 Å². The van der Waals surface area contributed by atoms with Crippen LogP contribution in [-0.2, 0) is 6.61 Å². The van der Waals surface area contributed by atoms with Gasteiger partial charge >= 0.3 is 0 Å². The van der Waals surface area contributed by atoms with Gasteiger partial charge in [-0.15, -0.1) is 0 Å². The molecule has 0 saturated heterocycles. The van der Waals surface area contributed by atoms with E-state index in [9.17, 15) is 8.78 Å². The summed E-state index contributed by atoms with van der Waals surface area (Å²) in [7, 11) is 0. The first kappa shape index (κ1) is 9.55. The molecule has 68 valence electrons. The average molecular weight is 184 g/mol. The Morgan fingerprint density at radius 3 is 2.77 bits per heavy atom. The molecule has 0 spiro atoms. The molecule has 1 rings (SSSR count). The minimum Gasteiger partial charge on any atom is -0.392 e. The zero-order chi connectivity index (χ0) is 9.84. The summed E-state index contributed by atoms with van der Waals surface area (Å²) in [4.78, 5) is 3.40. The first-order chi connectivity index (χ1) is 6.20. The van der Waals surface area contributed by atoms with E-state index in [0.29, 0.717) is 0 Å². The second-order valence-electron chi connectivity index (χ2n) is 2.29. The highest BCUT2D eigenvalue weighted by Gasteiger charge is 2.16. The molecule has 0 amide bonds. The third-order valence-corrected chi connectivity index (χ3v) is 1.57. The molecular formula is C8H6F2N2O. The minimum atomic E-state index is -2.77. The van der Waals surface area contributed by atoms with Crippen LogP contribution in [0.1, 0.15) is 23.2 Å². The Kier molecular flexibility index (Phi) is 2.88.